The van der Waals surface area contributed by atoms with Crippen LogP contribution in [0.25, 0.3) is 10.4 Å². The average Bonchev–Trinajstić information content (AvgIpc) is 2.40. The van der Waals surface area contributed by atoms with Crippen LogP contribution in [0, 0.1) is 5.92 Å². The number of hydrogen-bond acceptors (Lipinski definition) is 6. The Hall–Kier alpha value is -1.99. The first kappa shape index (κ1) is 19.1. The van der Waals surface area contributed by atoms with Gasteiger partial charge in [0, 0.05) is 11.0 Å². The van der Waals surface area contributed by atoms with Crippen LogP contribution in [0.1, 0.15) is 40.5 Å². The Morgan fingerprint density at radius 1 is 1.39 bits per heavy atom. The lowest BCUT2D eigenvalue weighted by Crippen LogP contribution is -2.54. The van der Waals surface area contributed by atoms with Crippen LogP contribution in [0.2, 0.25) is 0 Å². The number of alkyl carbamates (subject to hydrolysis) is 1. The fraction of sp³-hybridized carbons (Fsp3) is 0.857. The SMILES string of the molecule is CCOC(=O)[C@@H]1C[C@@H](O)[C@H](N=[N+]=[N-])[C@@H](NC(=O)OC(C)(C)C)C1. The van der Waals surface area contributed by atoms with Crippen LogP contribution in [0.5, 0.6) is 0 Å². The molecule has 9 nitrogen and oxygen atoms in total. The molecular weight excluding hydrogens is 304 g/mol. The van der Waals surface area contributed by atoms with Crippen LogP contribution in [-0.4, -0.2) is 47.6 Å². The molecule has 0 saturated heterocycles. The van der Waals surface area contributed by atoms with Gasteiger partial charge in [-0.05, 0) is 46.1 Å². The van der Waals surface area contributed by atoms with Crippen molar-refractivity contribution < 1.29 is 24.2 Å². The van der Waals surface area contributed by atoms with E-state index in [0.717, 1.165) is 0 Å². The molecule has 0 aromatic carbocycles. The fourth-order valence-electron chi connectivity index (χ4n) is 2.51. The summed E-state index contributed by atoms with van der Waals surface area (Å²) in [7, 11) is 0. The number of aliphatic hydroxyl groups excluding tert-OH is 1. The number of azide groups is 1. The van der Waals surface area contributed by atoms with Crippen molar-refractivity contribution in [2.24, 2.45) is 11.0 Å². The van der Waals surface area contributed by atoms with Gasteiger partial charge in [0.2, 0.25) is 0 Å². The van der Waals surface area contributed by atoms with Crippen molar-refractivity contribution in [1.29, 1.82) is 0 Å². The van der Waals surface area contributed by atoms with Gasteiger partial charge in [0.15, 0.2) is 0 Å². The van der Waals surface area contributed by atoms with Crippen molar-refractivity contribution in [2.75, 3.05) is 6.61 Å². The van der Waals surface area contributed by atoms with Gasteiger partial charge in [-0.15, -0.1) is 0 Å². The Labute approximate surface area is 135 Å². The van der Waals surface area contributed by atoms with E-state index in [4.69, 9.17) is 15.0 Å². The maximum atomic E-state index is 11.9. The number of esters is 1. The number of nitrogens with zero attached hydrogens (tertiary/aromatic N) is 3. The normalized spacial score (nSPS) is 27.5. The van der Waals surface area contributed by atoms with Gasteiger partial charge in [0.05, 0.1) is 24.7 Å². The summed E-state index contributed by atoms with van der Waals surface area (Å²) in [5, 5.41) is 16.3. The predicted molar refractivity (Wildman–Crippen MR) is 81.5 cm³/mol. The van der Waals surface area contributed by atoms with E-state index in [1.54, 1.807) is 27.7 Å². The van der Waals surface area contributed by atoms with Gasteiger partial charge in [-0.25, -0.2) is 4.79 Å². The Morgan fingerprint density at radius 3 is 2.57 bits per heavy atom. The van der Waals surface area contributed by atoms with Crippen LogP contribution in [0.3, 0.4) is 0 Å². The standard InChI is InChI=1S/C14H24N4O5/c1-5-22-12(20)8-6-9(11(17-18-15)10(19)7-8)16-13(21)23-14(2,3)4/h8-11,19H,5-7H2,1-4H3,(H,16,21)/t8-,9-,10+,11+/m0/s1. The zero-order valence-corrected chi connectivity index (χ0v) is 13.9. The highest BCUT2D eigenvalue weighted by Gasteiger charge is 2.41. The molecule has 130 valence electrons. The highest BCUT2D eigenvalue weighted by atomic mass is 16.6. The molecule has 1 amide bonds. The maximum Gasteiger partial charge on any atom is 0.407 e. The largest absolute Gasteiger partial charge is 0.466 e. The maximum absolute atomic E-state index is 11.9. The molecule has 2 N–H and O–H groups in total. The van der Waals surface area contributed by atoms with E-state index in [-0.39, 0.29) is 19.4 Å². The zero-order valence-electron chi connectivity index (χ0n) is 13.9. The fourth-order valence-corrected chi connectivity index (χ4v) is 2.51. The van der Waals surface area contributed by atoms with Crippen molar-refractivity contribution in [3.63, 3.8) is 0 Å². The molecule has 0 unspecified atom stereocenters. The van der Waals surface area contributed by atoms with E-state index >= 15 is 0 Å². The second-order valence-electron chi connectivity index (χ2n) is 6.44. The first-order valence-electron chi connectivity index (χ1n) is 7.56. The van der Waals surface area contributed by atoms with Crippen LogP contribution >= 0.6 is 0 Å². The lowest BCUT2D eigenvalue weighted by atomic mass is 9.80. The molecule has 1 aliphatic carbocycles. The molecule has 0 spiro atoms. The minimum atomic E-state index is -1.05. The van der Waals surface area contributed by atoms with Crippen LogP contribution in [-0.2, 0) is 14.3 Å². The Balaban J connectivity index is 2.85. The van der Waals surface area contributed by atoms with Crippen LogP contribution in [0.4, 0.5) is 4.79 Å². The third-order valence-electron chi connectivity index (χ3n) is 3.38. The summed E-state index contributed by atoms with van der Waals surface area (Å²) >= 11 is 0. The third kappa shape index (κ3) is 5.96. The Bertz CT molecular complexity index is 484. The van der Waals surface area contributed by atoms with Gasteiger partial charge in [-0.3, -0.25) is 4.79 Å². The molecular formula is C14H24N4O5. The molecule has 0 aromatic rings. The molecule has 9 heteroatoms. The van der Waals surface area contributed by atoms with Crippen LogP contribution < -0.4 is 5.32 Å². The topological polar surface area (TPSA) is 134 Å². The van der Waals surface area contributed by atoms with Crippen molar-refractivity contribution >= 4 is 12.1 Å². The smallest absolute Gasteiger partial charge is 0.407 e. The third-order valence-corrected chi connectivity index (χ3v) is 3.38. The van der Waals surface area contributed by atoms with Crippen molar-refractivity contribution in [2.45, 2.75) is 64.3 Å². The number of carbonyl (C=O) groups is 2. The summed E-state index contributed by atoms with van der Waals surface area (Å²) in [6, 6.07) is -1.57. The van der Waals surface area contributed by atoms with E-state index in [1.807, 2.05) is 0 Å². The van der Waals surface area contributed by atoms with Gasteiger partial charge >= 0.3 is 12.1 Å². The molecule has 23 heavy (non-hydrogen) atoms. The molecule has 1 saturated carbocycles. The summed E-state index contributed by atoms with van der Waals surface area (Å²) in [5.41, 5.74) is 7.96. The average molecular weight is 328 g/mol. The summed E-state index contributed by atoms with van der Waals surface area (Å²) in [5.74, 6) is -1.02. The number of ether oxygens (including phenoxy) is 2. The second-order valence-corrected chi connectivity index (χ2v) is 6.44. The number of nitrogens with one attached hydrogen (secondary N) is 1. The first-order chi connectivity index (χ1) is 10.7. The van der Waals surface area contributed by atoms with Gasteiger partial charge < -0.3 is 19.9 Å². The minimum Gasteiger partial charge on any atom is -0.466 e. The second kappa shape index (κ2) is 8.03. The lowest BCUT2D eigenvalue weighted by Gasteiger charge is -2.36. The summed E-state index contributed by atoms with van der Waals surface area (Å²) in [6.45, 7) is 7.07. The molecule has 0 aliphatic heterocycles. The molecule has 0 aromatic heterocycles. The van der Waals surface area contributed by atoms with E-state index in [0.29, 0.717) is 0 Å². The summed E-state index contributed by atoms with van der Waals surface area (Å²) in [6.07, 6.45) is -1.42. The van der Waals surface area contributed by atoms with Gasteiger partial charge in [-0.1, -0.05) is 5.11 Å². The minimum absolute atomic E-state index is 0.120. The molecule has 1 aliphatic rings. The monoisotopic (exact) mass is 328 g/mol. The number of carbonyl (C=O) groups excluding carboxylic acids is 2. The molecule has 1 fully saturated rings. The molecule has 0 bridgehead atoms. The lowest BCUT2D eigenvalue weighted by molar-refractivity contribution is -0.151. The van der Waals surface area contributed by atoms with Crippen molar-refractivity contribution in [3.05, 3.63) is 10.4 Å². The Kier molecular flexibility index (Phi) is 6.65. The predicted octanol–water partition coefficient (Wildman–Crippen LogP) is 1.89. The number of aliphatic hydroxyl groups is 1. The summed E-state index contributed by atoms with van der Waals surface area (Å²) < 4.78 is 10.1. The molecule has 4 atom stereocenters. The number of rotatable bonds is 4. The highest BCUT2D eigenvalue weighted by Crippen LogP contribution is 2.29. The molecule has 0 radical (unpaired) electrons. The van der Waals surface area contributed by atoms with E-state index < -0.39 is 41.8 Å². The first-order valence-corrected chi connectivity index (χ1v) is 7.56. The van der Waals surface area contributed by atoms with Gasteiger partial charge in [0.25, 0.3) is 0 Å². The number of hydrogen-bond donors (Lipinski definition) is 2. The number of amides is 1. The van der Waals surface area contributed by atoms with Gasteiger partial charge in [0.1, 0.15) is 5.60 Å². The highest BCUT2D eigenvalue weighted by molar-refractivity contribution is 5.73. The molecule has 0 heterocycles. The summed E-state index contributed by atoms with van der Waals surface area (Å²) in [4.78, 5) is 26.5. The van der Waals surface area contributed by atoms with E-state index in [9.17, 15) is 14.7 Å². The quantitative estimate of drug-likeness (QED) is 0.352. The van der Waals surface area contributed by atoms with Crippen LogP contribution in [0.15, 0.2) is 5.11 Å². The van der Waals surface area contributed by atoms with Crippen molar-refractivity contribution in [1.82, 2.24) is 5.32 Å². The van der Waals surface area contributed by atoms with Crippen molar-refractivity contribution in [3.8, 4) is 0 Å². The van der Waals surface area contributed by atoms with E-state index in [2.05, 4.69) is 15.3 Å². The zero-order chi connectivity index (χ0) is 17.6. The molecule has 1 rings (SSSR count). The Morgan fingerprint density at radius 2 is 2.04 bits per heavy atom. The van der Waals surface area contributed by atoms with Gasteiger partial charge in [-0.2, -0.15) is 0 Å². The van der Waals surface area contributed by atoms with E-state index in [1.165, 1.54) is 0 Å².